The summed E-state index contributed by atoms with van der Waals surface area (Å²) >= 11 is 1.91. The summed E-state index contributed by atoms with van der Waals surface area (Å²) in [6.07, 6.45) is 1.02. The molecule has 106 valence electrons. The van der Waals surface area contributed by atoms with Gasteiger partial charge in [-0.2, -0.15) is 11.8 Å². The molecule has 1 aromatic rings. The average molecular weight is 280 g/mol. The van der Waals surface area contributed by atoms with Gasteiger partial charge in [-0.05, 0) is 49.5 Å². The minimum atomic E-state index is 0.0544. The van der Waals surface area contributed by atoms with Crippen molar-refractivity contribution in [2.75, 3.05) is 24.3 Å². The normalized spacial score (nSPS) is 12.2. The number of hydrogen-bond donors (Lipinski definition) is 1. The maximum Gasteiger partial charge on any atom is 0.254 e. The molecule has 1 amide bonds. The quantitative estimate of drug-likeness (QED) is 0.643. The summed E-state index contributed by atoms with van der Waals surface area (Å²) in [6.45, 7) is 6.19. The molecule has 4 heteroatoms. The Hall–Kier alpha value is -1.16. The van der Waals surface area contributed by atoms with Gasteiger partial charge in [-0.3, -0.25) is 4.79 Å². The van der Waals surface area contributed by atoms with Crippen LogP contribution in [0.25, 0.3) is 0 Å². The SMILES string of the molecule is CCSCCC(C)N(C)C(=O)c1cc(N)ccc1C. The van der Waals surface area contributed by atoms with Crippen LogP contribution in [0.1, 0.15) is 36.2 Å². The molecule has 0 saturated carbocycles. The molecule has 0 spiro atoms. The molecule has 0 aliphatic rings. The lowest BCUT2D eigenvalue weighted by atomic mass is 10.1. The van der Waals surface area contributed by atoms with Crippen LogP contribution in [0.5, 0.6) is 0 Å². The first-order valence-corrected chi connectivity index (χ1v) is 7.83. The largest absolute Gasteiger partial charge is 0.399 e. The number of nitrogens with two attached hydrogens (primary N) is 1. The van der Waals surface area contributed by atoms with Crippen LogP contribution in [0.4, 0.5) is 5.69 Å². The van der Waals surface area contributed by atoms with E-state index in [2.05, 4.69) is 13.8 Å². The summed E-state index contributed by atoms with van der Waals surface area (Å²) in [7, 11) is 1.87. The highest BCUT2D eigenvalue weighted by molar-refractivity contribution is 7.99. The van der Waals surface area contributed by atoms with E-state index < -0.39 is 0 Å². The molecular weight excluding hydrogens is 256 g/mol. The highest BCUT2D eigenvalue weighted by Gasteiger charge is 2.18. The maximum absolute atomic E-state index is 12.5. The van der Waals surface area contributed by atoms with E-state index in [-0.39, 0.29) is 11.9 Å². The lowest BCUT2D eigenvalue weighted by Crippen LogP contribution is -2.35. The first-order valence-electron chi connectivity index (χ1n) is 6.68. The molecule has 0 radical (unpaired) electrons. The number of anilines is 1. The number of amides is 1. The highest BCUT2D eigenvalue weighted by atomic mass is 32.2. The Kier molecular flexibility index (Phi) is 6.22. The number of carbonyl (C=O) groups is 1. The van der Waals surface area contributed by atoms with Crippen LogP contribution in [0, 0.1) is 6.92 Å². The Morgan fingerprint density at radius 1 is 1.47 bits per heavy atom. The summed E-state index contributed by atoms with van der Waals surface area (Å²) in [6, 6.07) is 5.73. The zero-order chi connectivity index (χ0) is 14.4. The van der Waals surface area contributed by atoms with E-state index in [1.807, 2.05) is 42.8 Å². The number of thioether (sulfide) groups is 1. The number of aryl methyl sites for hydroxylation is 1. The van der Waals surface area contributed by atoms with Crippen LogP contribution in [0.15, 0.2) is 18.2 Å². The van der Waals surface area contributed by atoms with E-state index >= 15 is 0 Å². The van der Waals surface area contributed by atoms with Crippen LogP contribution in [-0.4, -0.2) is 35.4 Å². The molecule has 0 bridgehead atoms. The molecular formula is C15H24N2OS. The standard InChI is InChI=1S/C15H24N2OS/c1-5-19-9-8-12(3)17(4)15(18)14-10-13(16)7-6-11(14)2/h6-7,10,12H,5,8-9,16H2,1-4H3. The van der Waals surface area contributed by atoms with Crippen LogP contribution in [0.2, 0.25) is 0 Å². The smallest absolute Gasteiger partial charge is 0.254 e. The number of benzene rings is 1. The Bertz CT molecular complexity index is 434. The molecule has 1 atom stereocenters. The van der Waals surface area contributed by atoms with Crippen molar-refractivity contribution in [3.05, 3.63) is 29.3 Å². The Morgan fingerprint density at radius 3 is 2.79 bits per heavy atom. The molecule has 19 heavy (non-hydrogen) atoms. The van der Waals surface area contributed by atoms with E-state index in [9.17, 15) is 4.79 Å². The summed E-state index contributed by atoms with van der Waals surface area (Å²) in [5.74, 6) is 2.27. The van der Waals surface area contributed by atoms with Crippen molar-refractivity contribution in [2.45, 2.75) is 33.2 Å². The van der Waals surface area contributed by atoms with Gasteiger partial charge in [-0.15, -0.1) is 0 Å². The molecule has 0 aliphatic heterocycles. The predicted octanol–water partition coefficient (Wildman–Crippen LogP) is 3.18. The van der Waals surface area contributed by atoms with Gasteiger partial charge in [0.25, 0.3) is 5.91 Å². The zero-order valence-electron chi connectivity index (χ0n) is 12.3. The highest BCUT2D eigenvalue weighted by Crippen LogP contribution is 2.17. The molecule has 1 rings (SSSR count). The van der Waals surface area contributed by atoms with Crippen molar-refractivity contribution in [2.24, 2.45) is 0 Å². The number of carbonyl (C=O) groups excluding carboxylic acids is 1. The summed E-state index contributed by atoms with van der Waals surface area (Å²) < 4.78 is 0. The summed E-state index contributed by atoms with van der Waals surface area (Å²) in [5, 5.41) is 0. The monoisotopic (exact) mass is 280 g/mol. The third kappa shape index (κ3) is 4.46. The summed E-state index contributed by atoms with van der Waals surface area (Å²) in [5.41, 5.74) is 8.08. The van der Waals surface area contributed by atoms with Crippen LogP contribution < -0.4 is 5.73 Å². The molecule has 0 fully saturated rings. The third-order valence-electron chi connectivity index (χ3n) is 3.36. The van der Waals surface area contributed by atoms with Crippen LogP contribution in [-0.2, 0) is 0 Å². The van der Waals surface area contributed by atoms with Crippen molar-refractivity contribution < 1.29 is 4.79 Å². The van der Waals surface area contributed by atoms with Gasteiger partial charge in [0.15, 0.2) is 0 Å². The van der Waals surface area contributed by atoms with Crippen molar-refractivity contribution in [3.63, 3.8) is 0 Å². The number of hydrogen-bond acceptors (Lipinski definition) is 3. The Labute approximate surface area is 120 Å². The zero-order valence-corrected chi connectivity index (χ0v) is 13.1. The first kappa shape index (κ1) is 15.9. The van der Waals surface area contributed by atoms with Gasteiger partial charge in [0, 0.05) is 24.3 Å². The molecule has 2 N–H and O–H groups in total. The first-order chi connectivity index (χ1) is 8.97. The number of rotatable bonds is 6. The van der Waals surface area contributed by atoms with E-state index in [1.165, 1.54) is 0 Å². The Balaban J connectivity index is 2.73. The summed E-state index contributed by atoms with van der Waals surface area (Å²) in [4.78, 5) is 14.3. The second kappa shape index (κ2) is 7.43. The molecule has 3 nitrogen and oxygen atoms in total. The van der Waals surface area contributed by atoms with E-state index in [0.29, 0.717) is 11.3 Å². The molecule has 0 heterocycles. The number of nitrogens with zero attached hydrogens (tertiary/aromatic N) is 1. The fourth-order valence-corrected chi connectivity index (χ4v) is 2.65. The predicted molar refractivity (Wildman–Crippen MR) is 84.8 cm³/mol. The fourth-order valence-electron chi connectivity index (χ4n) is 1.85. The molecule has 1 aromatic carbocycles. The Morgan fingerprint density at radius 2 is 2.16 bits per heavy atom. The fraction of sp³-hybridized carbons (Fsp3) is 0.533. The van der Waals surface area contributed by atoms with Crippen LogP contribution in [0.3, 0.4) is 0 Å². The molecule has 0 aliphatic carbocycles. The van der Waals surface area contributed by atoms with Crippen molar-refractivity contribution >= 4 is 23.4 Å². The van der Waals surface area contributed by atoms with Crippen molar-refractivity contribution in [3.8, 4) is 0 Å². The third-order valence-corrected chi connectivity index (χ3v) is 4.29. The minimum Gasteiger partial charge on any atom is -0.399 e. The van der Waals surface area contributed by atoms with Crippen molar-refractivity contribution in [1.29, 1.82) is 0 Å². The van der Waals surface area contributed by atoms with Gasteiger partial charge in [0.05, 0.1) is 0 Å². The van der Waals surface area contributed by atoms with Crippen molar-refractivity contribution in [1.82, 2.24) is 4.90 Å². The van der Waals surface area contributed by atoms with Gasteiger partial charge in [-0.25, -0.2) is 0 Å². The van der Waals surface area contributed by atoms with Gasteiger partial charge in [-0.1, -0.05) is 13.0 Å². The minimum absolute atomic E-state index is 0.0544. The lowest BCUT2D eigenvalue weighted by molar-refractivity contribution is 0.0740. The van der Waals surface area contributed by atoms with Gasteiger partial charge in [0.1, 0.15) is 0 Å². The second-order valence-corrected chi connectivity index (χ2v) is 6.22. The number of nitrogen functional groups attached to an aromatic ring is 1. The molecule has 0 saturated heterocycles. The lowest BCUT2D eigenvalue weighted by Gasteiger charge is -2.25. The van der Waals surface area contributed by atoms with Crippen LogP contribution >= 0.6 is 11.8 Å². The van der Waals surface area contributed by atoms with Gasteiger partial charge in [0.2, 0.25) is 0 Å². The molecule has 0 aromatic heterocycles. The van der Waals surface area contributed by atoms with E-state index in [1.54, 1.807) is 6.07 Å². The van der Waals surface area contributed by atoms with E-state index in [0.717, 1.165) is 23.5 Å². The van der Waals surface area contributed by atoms with Gasteiger partial charge >= 0.3 is 0 Å². The van der Waals surface area contributed by atoms with E-state index in [4.69, 9.17) is 5.73 Å². The average Bonchev–Trinajstić information content (AvgIpc) is 2.40. The topological polar surface area (TPSA) is 46.3 Å². The molecule has 1 unspecified atom stereocenters. The van der Waals surface area contributed by atoms with Gasteiger partial charge < -0.3 is 10.6 Å². The second-order valence-electron chi connectivity index (χ2n) is 4.83. The maximum atomic E-state index is 12.5.